The van der Waals surface area contributed by atoms with Gasteiger partial charge in [0, 0.05) is 20.3 Å². The van der Waals surface area contributed by atoms with E-state index < -0.39 is 7.14 Å². The van der Waals surface area contributed by atoms with E-state index in [2.05, 4.69) is 89.5 Å². The van der Waals surface area contributed by atoms with E-state index in [0.29, 0.717) is 15.5 Å². The van der Waals surface area contributed by atoms with Crippen LogP contribution in [0.5, 0.6) is 0 Å². The second kappa shape index (κ2) is 4.48. The average molecular weight is 340 g/mol. The summed E-state index contributed by atoms with van der Waals surface area (Å²) in [6, 6.07) is 0. The van der Waals surface area contributed by atoms with Crippen LogP contribution in [0.2, 0.25) is 0 Å². The Hall–Kier alpha value is 1.22. The van der Waals surface area contributed by atoms with Crippen LogP contribution in [-0.4, -0.2) is 20.3 Å². The summed E-state index contributed by atoms with van der Waals surface area (Å²) in [5.74, 6) is 0. The molecule has 2 radical (unpaired) electrons. The average Bonchev–Trinajstić information content (AvgIpc) is 1.76. The molecule has 0 aromatic heterocycles. The molecule has 0 saturated carbocycles. The van der Waals surface area contributed by atoms with Crippen LogP contribution in [0.15, 0.2) is 0 Å². The van der Waals surface area contributed by atoms with Gasteiger partial charge in [-0.25, -0.2) is 0 Å². The van der Waals surface area contributed by atoms with E-state index in [4.69, 9.17) is 0 Å². The summed E-state index contributed by atoms with van der Waals surface area (Å²) in [7, 11) is -1.17. The van der Waals surface area contributed by atoms with Crippen LogP contribution in [0.1, 0.15) is 62.3 Å². The molecule has 0 atom stereocenters. The van der Waals surface area contributed by atoms with Gasteiger partial charge in [-0.2, -0.15) is 7.14 Å². The van der Waals surface area contributed by atoms with Gasteiger partial charge < -0.3 is 22.4 Å². The van der Waals surface area contributed by atoms with Gasteiger partial charge >= 0.3 is 0 Å². The Morgan fingerprint density at radius 2 is 0.867 bits per heavy atom. The fraction of sp³-hybridized carbons (Fsp3) is 1.00. The first-order chi connectivity index (χ1) is 6.31. The molecule has 0 bridgehead atoms. The Kier molecular flexibility index (Phi) is 4.85. The minimum atomic E-state index is -1.17. The molecular formula is C12H27BIP. The summed E-state index contributed by atoms with van der Waals surface area (Å²) >= 11 is 2.50. The van der Waals surface area contributed by atoms with Gasteiger partial charge in [0.25, 0.3) is 0 Å². The topological polar surface area (TPSA) is 0 Å². The highest BCUT2D eigenvalue weighted by Crippen LogP contribution is 2.82. The Morgan fingerprint density at radius 3 is 0.867 bits per heavy atom. The van der Waals surface area contributed by atoms with Crippen LogP contribution in [0.4, 0.5) is 0 Å². The van der Waals surface area contributed by atoms with Crippen molar-refractivity contribution in [1.29, 1.82) is 0 Å². The predicted octanol–water partition coefficient (Wildman–Crippen LogP) is 5.37. The number of halogens is 1. The van der Waals surface area contributed by atoms with Gasteiger partial charge in [0.15, 0.2) is 0 Å². The van der Waals surface area contributed by atoms with E-state index >= 15 is 0 Å². The van der Waals surface area contributed by atoms with Crippen molar-refractivity contribution in [2.24, 2.45) is 0 Å². The van der Waals surface area contributed by atoms with Crippen molar-refractivity contribution in [2.45, 2.75) is 77.8 Å². The smallest absolute Gasteiger partial charge is 0.0289 e. The molecule has 0 fully saturated rings. The summed E-state index contributed by atoms with van der Waals surface area (Å²) in [4.78, 5) is 2.52. The lowest BCUT2D eigenvalue weighted by atomic mass is 10.2. The molecule has 0 spiro atoms. The highest BCUT2D eigenvalue weighted by Gasteiger charge is 2.54. The first kappa shape index (κ1) is 16.2. The minimum absolute atomic E-state index is 0.380. The maximum atomic E-state index is 2.52. The zero-order valence-electron chi connectivity index (χ0n) is 11.9. The van der Waals surface area contributed by atoms with Gasteiger partial charge in [-0.1, -0.05) is 0 Å². The summed E-state index contributed by atoms with van der Waals surface area (Å²) in [6.45, 7) is 21.7. The Morgan fingerprint density at radius 1 is 0.667 bits per heavy atom. The molecule has 90 valence electrons. The molecule has 0 rings (SSSR count). The van der Waals surface area contributed by atoms with Crippen LogP contribution in [0.3, 0.4) is 0 Å². The van der Waals surface area contributed by atoms with Crippen molar-refractivity contribution in [3.63, 3.8) is 0 Å². The number of hydrogen-bond acceptors (Lipinski definition) is 0. The van der Waals surface area contributed by atoms with Crippen LogP contribution in [0, 0.1) is 0 Å². The van der Waals surface area contributed by atoms with Crippen LogP contribution in [-0.2, 0) is 0 Å². The minimum Gasteiger partial charge on any atom is -0.375 e. The van der Waals surface area contributed by atoms with E-state index in [0.717, 1.165) is 0 Å². The van der Waals surface area contributed by atoms with Crippen molar-refractivity contribution in [3.8, 4) is 0 Å². The van der Waals surface area contributed by atoms with Crippen molar-refractivity contribution in [1.82, 2.24) is 0 Å². The highest BCUT2D eigenvalue weighted by molar-refractivity contribution is 14.1. The molecule has 0 saturated heterocycles. The third-order valence-electron chi connectivity index (χ3n) is 3.32. The molecule has 0 aromatic carbocycles. The van der Waals surface area contributed by atoms with E-state index in [1.165, 1.54) is 0 Å². The summed E-state index contributed by atoms with van der Waals surface area (Å²) in [5, 5.41) is 1.14. The summed E-state index contributed by atoms with van der Waals surface area (Å²) in [5.41, 5.74) is 0. The molecule has 0 amide bonds. The first-order valence-electron chi connectivity index (χ1n) is 5.65. The normalized spacial score (nSPS) is 15.6. The molecule has 3 heteroatoms. The highest BCUT2D eigenvalue weighted by atomic mass is 127. The van der Waals surface area contributed by atoms with Gasteiger partial charge in [-0.05, 0) is 62.3 Å². The maximum absolute atomic E-state index is 2.52. The standard InChI is InChI=1S/C12H27BIP/c1-10(2,3)15(13-14,11(4,5)6)12(7,8)9/h1-9H3. The molecule has 0 aliphatic heterocycles. The quantitative estimate of drug-likeness (QED) is 0.342. The molecule has 0 aliphatic carbocycles. The lowest BCUT2D eigenvalue weighted by molar-refractivity contribution is 0.636. The fourth-order valence-electron chi connectivity index (χ4n) is 3.46. The van der Waals surface area contributed by atoms with E-state index in [1.807, 2.05) is 0 Å². The zero-order valence-corrected chi connectivity index (χ0v) is 15.0. The second-order valence-corrected chi connectivity index (χ2v) is 14.7. The van der Waals surface area contributed by atoms with Gasteiger partial charge in [0.2, 0.25) is 0 Å². The summed E-state index contributed by atoms with van der Waals surface area (Å²) in [6.07, 6.45) is 0. The third kappa shape index (κ3) is 2.73. The van der Waals surface area contributed by atoms with Crippen LogP contribution >= 0.6 is 29.5 Å². The third-order valence-corrected chi connectivity index (χ3v) is 12.5. The van der Waals surface area contributed by atoms with Crippen LogP contribution in [0.25, 0.3) is 0 Å². The predicted molar refractivity (Wildman–Crippen MR) is 86.0 cm³/mol. The number of rotatable bonds is 1. The molecular weight excluding hydrogens is 313 g/mol. The SMILES string of the molecule is CC(C)(C)[P+]([B-]I)(C(C)(C)C)C(C)(C)C. The summed E-state index contributed by atoms with van der Waals surface area (Å²) < 4.78 is 0. The maximum Gasteiger partial charge on any atom is 0.0289 e. The van der Waals surface area contributed by atoms with Crippen molar-refractivity contribution in [3.05, 3.63) is 0 Å². The van der Waals surface area contributed by atoms with Crippen molar-refractivity contribution < 1.29 is 0 Å². The van der Waals surface area contributed by atoms with Gasteiger partial charge in [-0.3, -0.25) is 0 Å². The molecule has 0 aromatic rings. The molecule has 0 N–H and O–H groups in total. The van der Waals surface area contributed by atoms with E-state index in [9.17, 15) is 0 Å². The monoisotopic (exact) mass is 340 g/mol. The Bertz CT molecular complexity index is 181. The second-order valence-electron chi connectivity index (χ2n) is 7.33. The lowest BCUT2D eigenvalue weighted by Crippen LogP contribution is -2.45. The van der Waals surface area contributed by atoms with Gasteiger partial charge in [0.05, 0.1) is 0 Å². The Labute approximate surface area is 112 Å². The zero-order chi connectivity index (χ0) is 12.7. The Balaban J connectivity index is 5.78. The molecule has 0 nitrogen and oxygen atoms in total. The van der Waals surface area contributed by atoms with E-state index in [-0.39, 0.29) is 0 Å². The largest absolute Gasteiger partial charge is 0.375 e. The lowest BCUT2D eigenvalue weighted by Gasteiger charge is -2.63. The van der Waals surface area contributed by atoms with E-state index in [1.54, 1.807) is 0 Å². The van der Waals surface area contributed by atoms with Crippen molar-refractivity contribution >= 4 is 34.4 Å². The van der Waals surface area contributed by atoms with Gasteiger partial charge in [-0.15, -0.1) is 0 Å². The fourth-order valence-corrected chi connectivity index (χ4v) is 17.9. The van der Waals surface area contributed by atoms with Gasteiger partial charge in [0.1, 0.15) is 0 Å². The molecule has 0 heterocycles. The molecule has 15 heavy (non-hydrogen) atoms. The molecule has 0 aliphatic rings. The number of hydrogen-bond donors (Lipinski definition) is 0. The first-order valence-corrected chi connectivity index (χ1v) is 8.75. The molecule has 0 unspecified atom stereocenters. The van der Waals surface area contributed by atoms with Crippen molar-refractivity contribution in [2.75, 3.05) is 0 Å². The van der Waals surface area contributed by atoms with Crippen LogP contribution < -0.4 is 0 Å².